The van der Waals surface area contributed by atoms with Crippen LogP contribution in [0.5, 0.6) is 0 Å². The van der Waals surface area contributed by atoms with Crippen LogP contribution in [0, 0.1) is 0 Å². The van der Waals surface area contributed by atoms with Crippen molar-refractivity contribution in [3.63, 3.8) is 0 Å². The average molecular weight is 347 g/mol. The van der Waals surface area contributed by atoms with Crippen molar-refractivity contribution < 1.29 is 9.90 Å². The van der Waals surface area contributed by atoms with Crippen LogP contribution in [-0.2, 0) is 4.79 Å². The molecule has 116 valence electrons. The van der Waals surface area contributed by atoms with Crippen molar-refractivity contribution in [3.05, 3.63) is 43.6 Å². The predicted molar refractivity (Wildman–Crippen MR) is 85.6 cm³/mol. The number of aromatic nitrogens is 3. The largest absolute Gasteiger partial charge is 0.480 e. The predicted octanol–water partition coefficient (Wildman–Crippen LogP) is 0.233. The van der Waals surface area contributed by atoms with Crippen LogP contribution in [0.2, 0.25) is 0 Å². The summed E-state index contributed by atoms with van der Waals surface area (Å²) in [4.78, 5) is 29.0. The smallest absolute Gasteiger partial charge is 0.328 e. The molecule has 3 aromatic heterocycles. The van der Waals surface area contributed by atoms with E-state index in [0.29, 0.717) is 21.6 Å². The molecular formula is C13H9N5O3S2. The number of carboxylic acid groups (broad SMARTS) is 1. The third-order valence-electron chi connectivity index (χ3n) is 3.40. The Hall–Kier alpha value is -2.59. The number of rotatable bonds is 3. The van der Waals surface area contributed by atoms with Gasteiger partial charge in [-0.1, -0.05) is 17.4 Å². The van der Waals surface area contributed by atoms with Crippen molar-refractivity contribution in [3.8, 4) is 0 Å². The third-order valence-corrected chi connectivity index (χ3v) is 5.28. The van der Waals surface area contributed by atoms with E-state index in [1.165, 1.54) is 33.4 Å². The van der Waals surface area contributed by atoms with Gasteiger partial charge in [0.1, 0.15) is 10.9 Å². The number of fused-ring (bicyclic) bond motifs is 1. The maximum Gasteiger partial charge on any atom is 0.328 e. The van der Waals surface area contributed by atoms with Crippen molar-refractivity contribution in [2.24, 2.45) is 5.10 Å². The van der Waals surface area contributed by atoms with Crippen molar-refractivity contribution in [2.75, 3.05) is 0 Å². The monoisotopic (exact) mass is 347 g/mol. The van der Waals surface area contributed by atoms with Gasteiger partial charge in [0.05, 0.1) is 10.6 Å². The molecule has 1 atom stereocenters. The Bertz CT molecular complexity index is 1020. The lowest BCUT2D eigenvalue weighted by Gasteiger charge is -2.14. The van der Waals surface area contributed by atoms with E-state index in [1.54, 1.807) is 0 Å². The second-order valence-corrected chi connectivity index (χ2v) is 6.77. The Labute approximate surface area is 136 Å². The highest BCUT2D eigenvalue weighted by Gasteiger charge is 2.32. The van der Waals surface area contributed by atoms with Gasteiger partial charge in [-0.15, -0.1) is 11.3 Å². The fraction of sp³-hybridized carbons (Fsp3) is 0.154. The molecule has 1 N–H and O–H groups in total. The fourth-order valence-corrected chi connectivity index (χ4v) is 3.90. The number of aliphatic carboxylic acids is 1. The second-order valence-electron chi connectivity index (χ2n) is 4.82. The average Bonchev–Trinajstić information content (AvgIpc) is 3.26. The number of thiophene rings is 1. The number of hydrazone groups is 1. The highest BCUT2D eigenvalue weighted by Crippen LogP contribution is 2.23. The zero-order valence-electron chi connectivity index (χ0n) is 11.5. The highest BCUT2D eigenvalue weighted by atomic mass is 32.1. The van der Waals surface area contributed by atoms with Crippen LogP contribution in [0.25, 0.3) is 11.2 Å². The molecule has 0 radical (unpaired) electrons. The quantitative estimate of drug-likeness (QED) is 0.728. The van der Waals surface area contributed by atoms with Gasteiger partial charge in [0.25, 0.3) is 5.56 Å². The van der Waals surface area contributed by atoms with Crippen LogP contribution in [0.1, 0.15) is 11.3 Å². The van der Waals surface area contributed by atoms with Gasteiger partial charge in [-0.25, -0.2) is 9.78 Å². The first-order valence-corrected chi connectivity index (χ1v) is 8.30. The first-order chi connectivity index (χ1) is 11.1. The van der Waals surface area contributed by atoms with Crippen LogP contribution in [0.4, 0.5) is 0 Å². The minimum atomic E-state index is -0.983. The van der Waals surface area contributed by atoms with E-state index in [1.807, 2.05) is 17.5 Å². The first kappa shape index (κ1) is 14.0. The lowest BCUT2D eigenvalue weighted by Crippen LogP contribution is -2.34. The molecule has 0 saturated carbocycles. The molecule has 1 aliphatic heterocycles. The highest BCUT2D eigenvalue weighted by molar-refractivity contribution is 7.15. The van der Waals surface area contributed by atoms with Crippen molar-refractivity contribution in [1.29, 1.82) is 0 Å². The summed E-state index contributed by atoms with van der Waals surface area (Å²) in [5.41, 5.74) is 0.377. The molecule has 4 heterocycles. The van der Waals surface area contributed by atoms with Gasteiger partial charge in [0.2, 0.25) is 4.96 Å². The van der Waals surface area contributed by atoms with Crippen LogP contribution >= 0.6 is 22.7 Å². The molecule has 0 aliphatic carbocycles. The molecule has 1 aliphatic rings. The van der Waals surface area contributed by atoms with Crippen molar-refractivity contribution in [1.82, 2.24) is 19.6 Å². The molecule has 10 heteroatoms. The Morgan fingerprint density at radius 1 is 1.48 bits per heavy atom. The second kappa shape index (κ2) is 5.25. The van der Waals surface area contributed by atoms with E-state index in [9.17, 15) is 14.7 Å². The van der Waals surface area contributed by atoms with Crippen LogP contribution in [-0.4, -0.2) is 42.4 Å². The minimum absolute atomic E-state index is 0.293. The van der Waals surface area contributed by atoms with Gasteiger partial charge >= 0.3 is 5.97 Å². The van der Waals surface area contributed by atoms with Gasteiger partial charge < -0.3 is 5.11 Å². The van der Waals surface area contributed by atoms with E-state index in [-0.39, 0.29) is 5.56 Å². The number of nitrogens with zero attached hydrogens (tertiary/aromatic N) is 5. The van der Waals surface area contributed by atoms with Gasteiger partial charge in [0, 0.05) is 12.6 Å². The lowest BCUT2D eigenvalue weighted by molar-refractivity contribution is -0.141. The number of thiazole rings is 1. The number of hydrogen-bond acceptors (Lipinski definition) is 8. The van der Waals surface area contributed by atoms with Gasteiger partial charge in [-0.2, -0.15) is 14.7 Å². The van der Waals surface area contributed by atoms with E-state index >= 15 is 0 Å². The molecule has 0 spiro atoms. The van der Waals surface area contributed by atoms with E-state index in [0.717, 1.165) is 16.2 Å². The number of carboxylic acids is 1. The molecule has 1 unspecified atom stereocenters. The van der Waals surface area contributed by atoms with Crippen LogP contribution in [0.3, 0.4) is 0 Å². The van der Waals surface area contributed by atoms with Gasteiger partial charge in [0.15, 0.2) is 6.04 Å². The molecule has 0 amide bonds. The van der Waals surface area contributed by atoms with Gasteiger partial charge in [-0.05, 0) is 11.4 Å². The summed E-state index contributed by atoms with van der Waals surface area (Å²) in [5, 5.41) is 20.9. The number of carbonyl (C=O) groups is 1. The standard InChI is InChI=1S/C13H9N5O3S2/c19-11-10(23-13-14-6-15-18(11)13)5-17-8(12(20)21)4-7(16-17)9-2-1-3-22-9/h1-3,5-6,8H,4H2,(H,20,21)/b10-5-. The summed E-state index contributed by atoms with van der Waals surface area (Å²) in [6.07, 6.45) is 3.06. The molecule has 23 heavy (non-hydrogen) atoms. The Morgan fingerprint density at radius 3 is 3.04 bits per heavy atom. The summed E-state index contributed by atoms with van der Waals surface area (Å²) in [7, 11) is 0. The molecule has 4 rings (SSSR count). The van der Waals surface area contributed by atoms with Crippen LogP contribution in [0.15, 0.2) is 33.7 Å². The number of hydrogen-bond donors (Lipinski definition) is 1. The Kier molecular flexibility index (Phi) is 3.20. The summed E-state index contributed by atoms with van der Waals surface area (Å²) in [6, 6.07) is 2.96. The molecule has 0 fully saturated rings. The zero-order chi connectivity index (χ0) is 16.0. The molecule has 0 aromatic carbocycles. The normalized spacial score (nSPS) is 18.8. The summed E-state index contributed by atoms with van der Waals surface area (Å²) < 4.78 is 1.54. The topological polar surface area (TPSA) is 100 Å². The summed E-state index contributed by atoms with van der Waals surface area (Å²) >= 11 is 2.65. The third kappa shape index (κ3) is 2.32. The van der Waals surface area contributed by atoms with Crippen molar-refractivity contribution in [2.45, 2.75) is 12.5 Å². The Morgan fingerprint density at radius 2 is 2.35 bits per heavy atom. The van der Waals surface area contributed by atoms with E-state index in [2.05, 4.69) is 15.2 Å². The zero-order valence-corrected chi connectivity index (χ0v) is 13.1. The van der Waals surface area contributed by atoms with Gasteiger partial charge in [-0.3, -0.25) is 9.80 Å². The Balaban J connectivity index is 1.80. The SMILES string of the molecule is O=C(O)C1CC(c2cccs2)=NN1/C=c1\sc2ncnn2c1=O. The molecule has 3 aromatic rings. The van der Waals surface area contributed by atoms with E-state index in [4.69, 9.17) is 0 Å². The first-order valence-electron chi connectivity index (χ1n) is 6.60. The fourth-order valence-electron chi connectivity index (χ4n) is 2.33. The molecular weight excluding hydrogens is 338 g/mol. The summed E-state index contributed by atoms with van der Waals surface area (Å²) in [5.74, 6) is -0.983. The van der Waals surface area contributed by atoms with Crippen LogP contribution < -0.4 is 10.1 Å². The molecule has 0 saturated heterocycles. The molecule has 0 bridgehead atoms. The minimum Gasteiger partial charge on any atom is -0.480 e. The molecule has 8 nitrogen and oxygen atoms in total. The summed E-state index contributed by atoms with van der Waals surface area (Å²) in [6.45, 7) is 0. The maximum absolute atomic E-state index is 12.2. The maximum atomic E-state index is 12.2. The lowest BCUT2D eigenvalue weighted by atomic mass is 10.1. The van der Waals surface area contributed by atoms with E-state index < -0.39 is 12.0 Å². The van der Waals surface area contributed by atoms with Crippen molar-refractivity contribution >= 4 is 45.5 Å².